The lowest BCUT2D eigenvalue weighted by atomic mass is 10.1. The van der Waals surface area contributed by atoms with Gasteiger partial charge < -0.3 is 20.5 Å². The predicted octanol–water partition coefficient (Wildman–Crippen LogP) is 4.15. The van der Waals surface area contributed by atoms with Crippen LogP contribution in [0.3, 0.4) is 0 Å². The first-order valence-electron chi connectivity index (χ1n) is 13.5. The number of para-hydroxylation sites is 1. The van der Waals surface area contributed by atoms with Crippen molar-refractivity contribution in [3.05, 3.63) is 102 Å². The van der Waals surface area contributed by atoms with Gasteiger partial charge in [0.1, 0.15) is 12.6 Å². The van der Waals surface area contributed by atoms with E-state index in [-0.39, 0.29) is 12.5 Å². The van der Waals surface area contributed by atoms with Gasteiger partial charge in [0.2, 0.25) is 17.5 Å². The Balaban J connectivity index is 0.00000113. The molecule has 0 aliphatic carbocycles. The number of nitrogens with zero attached hydrogens (tertiary/aromatic N) is 1. The van der Waals surface area contributed by atoms with Crippen molar-refractivity contribution < 1.29 is 51.4 Å². The number of Topliss-reactive ketones (excluding diaryl/α,β-unsaturated/α-hetero) is 1. The second-order valence-electron chi connectivity index (χ2n) is 9.87. The highest BCUT2D eigenvalue weighted by Gasteiger charge is 2.40. The predicted molar refractivity (Wildman–Crippen MR) is 157 cm³/mol. The van der Waals surface area contributed by atoms with Gasteiger partial charge in [0, 0.05) is 36.2 Å². The molecule has 14 heteroatoms. The molecule has 1 aliphatic rings. The Morgan fingerprint density at radius 1 is 0.891 bits per heavy atom. The van der Waals surface area contributed by atoms with Gasteiger partial charge in [-0.25, -0.2) is 8.78 Å². The first-order valence-corrected chi connectivity index (χ1v) is 13.5. The minimum atomic E-state index is -1.81. The van der Waals surface area contributed by atoms with Gasteiger partial charge >= 0.3 is 11.8 Å². The highest BCUT2D eigenvalue weighted by atomic mass is 19.2. The molecular weight excluding hydrogens is 614 g/mol. The number of ether oxygens (including phenoxy) is 1. The van der Waals surface area contributed by atoms with Crippen molar-refractivity contribution in [2.75, 3.05) is 23.4 Å². The maximum absolute atomic E-state index is 13.8. The van der Waals surface area contributed by atoms with Crippen LogP contribution in [0.5, 0.6) is 5.75 Å². The van der Waals surface area contributed by atoms with E-state index in [2.05, 4.69) is 15.4 Å². The van der Waals surface area contributed by atoms with Gasteiger partial charge in [-0.15, -0.1) is 0 Å². The van der Waals surface area contributed by atoms with E-state index in [0.29, 0.717) is 22.3 Å². The summed E-state index contributed by atoms with van der Waals surface area (Å²) in [7, 11) is 0. The molecule has 1 heterocycles. The summed E-state index contributed by atoms with van der Waals surface area (Å²) in [6.07, 6.45) is 0.0407. The number of hydrogen-bond donors (Lipinski definition) is 3. The van der Waals surface area contributed by atoms with Crippen LogP contribution in [-0.4, -0.2) is 53.8 Å². The number of aliphatic carboxylic acids is 1. The summed E-state index contributed by atoms with van der Waals surface area (Å²) in [6, 6.07) is 17.8. The smallest absolute Gasteiger partial charge is 0.317 e. The first-order chi connectivity index (χ1) is 21.9. The zero-order chi connectivity index (χ0) is 33.5. The Labute approximate surface area is 258 Å². The average Bonchev–Trinajstić information content (AvgIpc) is 3.42. The summed E-state index contributed by atoms with van der Waals surface area (Å²) in [5.41, 5.74) is 1.35. The minimum absolute atomic E-state index is 0.00541. The largest absolute Gasteiger partial charge is 0.481 e. The molecule has 3 amide bonds. The summed E-state index contributed by atoms with van der Waals surface area (Å²) in [5.74, 6) is -13.0. The monoisotopic (exact) mass is 639 g/mol. The maximum Gasteiger partial charge on any atom is 0.317 e. The number of halogens is 4. The first kappa shape index (κ1) is 33.1. The summed E-state index contributed by atoms with van der Waals surface area (Å²) in [4.78, 5) is 61.9. The molecule has 0 bridgehead atoms. The fraction of sp³-hybridized carbons (Fsp3) is 0.156. The Morgan fingerprint density at radius 3 is 2.20 bits per heavy atom. The number of carbonyl (C=O) groups is 5. The van der Waals surface area contributed by atoms with Gasteiger partial charge in [-0.1, -0.05) is 54.6 Å². The van der Waals surface area contributed by atoms with E-state index in [1.807, 2.05) is 18.2 Å². The quantitative estimate of drug-likeness (QED) is 0.157. The number of anilines is 2. The molecule has 0 radical (unpaired) electrons. The van der Waals surface area contributed by atoms with Crippen LogP contribution in [0, 0.1) is 23.3 Å². The van der Waals surface area contributed by atoms with Gasteiger partial charge in [0.25, 0.3) is 5.97 Å². The van der Waals surface area contributed by atoms with Crippen molar-refractivity contribution >= 4 is 51.6 Å². The fourth-order valence-electron chi connectivity index (χ4n) is 4.65. The molecule has 1 aliphatic heterocycles. The number of carboxylic acid groups (broad SMARTS) is 1. The molecule has 0 saturated carbocycles. The SMILES string of the molecule is CC(=O)O.O=C(CNC(=O)[C@@H]1Cc2ccccc2N1C(=O)C(=O)Nc1cccc2ccccc12)COc1c(F)c(F)cc(F)c1F. The van der Waals surface area contributed by atoms with E-state index in [4.69, 9.17) is 9.90 Å². The highest BCUT2D eigenvalue weighted by molar-refractivity contribution is 6.45. The second kappa shape index (κ2) is 14.3. The molecule has 0 unspecified atom stereocenters. The zero-order valence-electron chi connectivity index (χ0n) is 24.0. The van der Waals surface area contributed by atoms with Crippen LogP contribution >= 0.6 is 0 Å². The Kier molecular flexibility index (Phi) is 10.3. The average molecular weight is 640 g/mol. The number of carbonyl (C=O) groups excluding carboxylic acids is 4. The molecule has 10 nitrogen and oxygen atoms in total. The van der Waals surface area contributed by atoms with E-state index in [0.717, 1.165) is 17.2 Å². The van der Waals surface area contributed by atoms with Crippen LogP contribution in [0.2, 0.25) is 0 Å². The molecule has 0 fully saturated rings. The third kappa shape index (κ3) is 7.46. The molecule has 4 aromatic carbocycles. The number of ketones is 1. The third-order valence-electron chi connectivity index (χ3n) is 6.64. The molecule has 0 aromatic heterocycles. The van der Waals surface area contributed by atoms with Gasteiger partial charge in [0.15, 0.2) is 23.2 Å². The molecule has 0 saturated heterocycles. The molecule has 0 spiro atoms. The van der Waals surface area contributed by atoms with E-state index < -0.39 is 77.7 Å². The second-order valence-corrected chi connectivity index (χ2v) is 9.87. The summed E-state index contributed by atoms with van der Waals surface area (Å²) >= 11 is 0. The summed E-state index contributed by atoms with van der Waals surface area (Å²) < 4.78 is 58.9. The number of fused-ring (bicyclic) bond motifs is 2. The molecule has 3 N–H and O–H groups in total. The van der Waals surface area contributed by atoms with Crippen LogP contribution in [0.1, 0.15) is 12.5 Å². The number of benzene rings is 4. The van der Waals surface area contributed by atoms with Gasteiger partial charge in [0.05, 0.1) is 6.54 Å². The lowest BCUT2D eigenvalue weighted by molar-refractivity contribution is -0.135. The summed E-state index contributed by atoms with van der Waals surface area (Å²) in [5, 5.41) is 13.9. The standard InChI is InChI=1S/C30H21F4N3O5.C2H4O2/c31-20-13-21(32)26(34)27(25(20)33)42-15-18(38)14-35-28(39)24-12-17-7-2-4-11-23(17)37(24)30(41)29(40)36-22-10-5-8-16-6-1-3-9-19(16)22;1-2(3)4/h1-11,13,24H,12,14-15H2,(H,35,39)(H,36,40);1H3,(H,3,4)/t24-;/m0./s1. The number of nitrogens with one attached hydrogen (secondary N) is 2. The highest BCUT2D eigenvalue weighted by Crippen LogP contribution is 2.33. The van der Waals surface area contributed by atoms with Crippen molar-refractivity contribution in [3.8, 4) is 5.75 Å². The number of rotatable bonds is 7. The molecule has 1 atom stereocenters. The molecule has 238 valence electrons. The van der Waals surface area contributed by atoms with Crippen molar-refractivity contribution in [2.24, 2.45) is 0 Å². The van der Waals surface area contributed by atoms with Gasteiger partial charge in [-0.2, -0.15) is 8.78 Å². The summed E-state index contributed by atoms with van der Waals surface area (Å²) in [6.45, 7) is -0.630. The lowest BCUT2D eigenvalue weighted by Gasteiger charge is -2.24. The van der Waals surface area contributed by atoms with Crippen molar-refractivity contribution in [3.63, 3.8) is 0 Å². The van der Waals surface area contributed by atoms with Crippen molar-refractivity contribution in [1.29, 1.82) is 0 Å². The number of amides is 3. The number of carboxylic acids is 1. The van der Waals surface area contributed by atoms with Crippen molar-refractivity contribution in [2.45, 2.75) is 19.4 Å². The lowest BCUT2D eigenvalue weighted by Crippen LogP contribution is -2.52. The van der Waals surface area contributed by atoms with Crippen LogP contribution in [0.25, 0.3) is 10.8 Å². The minimum Gasteiger partial charge on any atom is -0.481 e. The normalized spacial score (nSPS) is 13.2. The zero-order valence-corrected chi connectivity index (χ0v) is 24.0. The van der Waals surface area contributed by atoms with Crippen molar-refractivity contribution in [1.82, 2.24) is 5.32 Å². The van der Waals surface area contributed by atoms with Crippen LogP contribution < -0.4 is 20.3 Å². The Bertz CT molecular complexity index is 1810. The fourth-order valence-corrected chi connectivity index (χ4v) is 4.65. The van der Waals surface area contributed by atoms with Crippen LogP contribution in [-0.2, 0) is 30.4 Å². The van der Waals surface area contributed by atoms with Crippen LogP contribution in [0.15, 0.2) is 72.8 Å². The van der Waals surface area contributed by atoms with Crippen LogP contribution in [0.4, 0.5) is 28.9 Å². The van der Waals surface area contributed by atoms with E-state index >= 15 is 0 Å². The van der Waals surface area contributed by atoms with Gasteiger partial charge in [-0.3, -0.25) is 28.9 Å². The topological polar surface area (TPSA) is 142 Å². The molecule has 4 aromatic rings. The van der Waals surface area contributed by atoms with E-state index in [1.54, 1.807) is 48.5 Å². The van der Waals surface area contributed by atoms with E-state index in [9.17, 15) is 36.7 Å². The Hall–Kier alpha value is -5.79. The van der Waals surface area contributed by atoms with E-state index in [1.165, 1.54) is 0 Å². The maximum atomic E-state index is 13.8. The Morgan fingerprint density at radius 2 is 1.50 bits per heavy atom. The number of hydrogen-bond acceptors (Lipinski definition) is 6. The van der Waals surface area contributed by atoms with Gasteiger partial charge in [-0.05, 0) is 23.1 Å². The molecule has 5 rings (SSSR count). The molecule has 46 heavy (non-hydrogen) atoms. The third-order valence-corrected chi connectivity index (χ3v) is 6.64. The molecular formula is C32H25F4N3O7.